The second-order valence-electron chi connectivity index (χ2n) is 2.73. The molecule has 1 N–H and O–H groups in total. The number of aliphatic carboxylic acids is 1. The molecule has 2 rings (SSSR count). The van der Waals surface area contributed by atoms with Gasteiger partial charge in [-0.15, -0.1) is 0 Å². The predicted molar refractivity (Wildman–Crippen MR) is 47.5 cm³/mol. The van der Waals surface area contributed by atoms with Crippen LogP contribution in [-0.4, -0.2) is 17.7 Å². The molecule has 0 saturated heterocycles. The van der Waals surface area contributed by atoms with Crippen molar-refractivity contribution in [2.45, 2.75) is 0 Å². The highest BCUT2D eigenvalue weighted by Gasteiger charge is 2.17. The van der Waals surface area contributed by atoms with E-state index in [2.05, 4.69) is 0 Å². The third kappa shape index (κ3) is 1.28. The number of hydrogen-bond acceptors (Lipinski definition) is 2. The lowest BCUT2D eigenvalue weighted by atomic mass is 10.0. The number of benzene rings is 1. The Morgan fingerprint density at radius 3 is 2.92 bits per heavy atom. The first-order valence-electron chi connectivity index (χ1n) is 3.94. The summed E-state index contributed by atoms with van der Waals surface area (Å²) in [5.41, 5.74) is 0.975. The predicted octanol–water partition coefficient (Wildman–Crippen LogP) is 1.55. The minimum absolute atomic E-state index is 0.321. The third-order valence-electron chi connectivity index (χ3n) is 1.93. The van der Waals surface area contributed by atoms with Gasteiger partial charge in [0.15, 0.2) is 0 Å². The van der Waals surface area contributed by atoms with Gasteiger partial charge in [-0.05, 0) is 12.1 Å². The number of hydrogen-bond donors (Lipinski definition) is 1. The van der Waals surface area contributed by atoms with Crippen LogP contribution in [0.5, 0.6) is 5.75 Å². The first-order valence-corrected chi connectivity index (χ1v) is 3.94. The normalized spacial score (nSPS) is 14.0. The van der Waals surface area contributed by atoms with Gasteiger partial charge in [0, 0.05) is 5.56 Å². The molecule has 0 amide bonds. The molecule has 13 heavy (non-hydrogen) atoms. The summed E-state index contributed by atoms with van der Waals surface area (Å²) >= 11 is 0. The maximum Gasteiger partial charge on any atom is 0.336 e. The zero-order valence-electron chi connectivity index (χ0n) is 6.86. The summed E-state index contributed by atoms with van der Waals surface area (Å²) in [6.07, 6.45) is 1.57. The van der Waals surface area contributed by atoms with Crippen molar-refractivity contribution in [3.63, 3.8) is 0 Å². The average molecular weight is 176 g/mol. The van der Waals surface area contributed by atoms with Crippen LogP contribution in [0.2, 0.25) is 0 Å². The lowest BCUT2D eigenvalue weighted by molar-refractivity contribution is -0.130. The molecule has 0 fully saturated rings. The van der Waals surface area contributed by atoms with E-state index in [-0.39, 0.29) is 0 Å². The smallest absolute Gasteiger partial charge is 0.336 e. The molecule has 1 aromatic rings. The molecular weight excluding hydrogens is 168 g/mol. The quantitative estimate of drug-likeness (QED) is 0.706. The van der Waals surface area contributed by atoms with Crippen LogP contribution in [-0.2, 0) is 4.79 Å². The molecule has 0 atom stereocenters. The standard InChI is InChI=1S/C10H8O3/c11-10(12)8-5-6-13-9-4-2-1-3-7(8)9/h1-5H,6H2,(H,11,12). The molecule has 0 unspecified atom stereocenters. The van der Waals surface area contributed by atoms with E-state index in [0.29, 0.717) is 23.5 Å². The topological polar surface area (TPSA) is 46.5 Å². The minimum Gasteiger partial charge on any atom is -0.489 e. The molecule has 0 bridgehead atoms. The van der Waals surface area contributed by atoms with Gasteiger partial charge in [0.25, 0.3) is 0 Å². The molecule has 0 aliphatic carbocycles. The molecule has 3 nitrogen and oxygen atoms in total. The van der Waals surface area contributed by atoms with Gasteiger partial charge in [-0.3, -0.25) is 0 Å². The summed E-state index contributed by atoms with van der Waals surface area (Å²) in [6.45, 7) is 0.332. The van der Waals surface area contributed by atoms with Gasteiger partial charge >= 0.3 is 5.97 Å². The van der Waals surface area contributed by atoms with Crippen LogP contribution in [0.4, 0.5) is 0 Å². The zero-order chi connectivity index (χ0) is 9.26. The SMILES string of the molecule is O=C(O)C1=CCOc2ccccc21. The Labute approximate surface area is 75.3 Å². The number of carbonyl (C=O) groups is 1. The number of ether oxygens (including phenoxy) is 1. The lowest BCUT2D eigenvalue weighted by Crippen LogP contribution is -2.09. The second kappa shape index (κ2) is 2.94. The van der Waals surface area contributed by atoms with E-state index in [9.17, 15) is 4.79 Å². The van der Waals surface area contributed by atoms with E-state index in [0.717, 1.165) is 0 Å². The van der Waals surface area contributed by atoms with E-state index in [1.807, 2.05) is 6.07 Å². The molecular formula is C10H8O3. The van der Waals surface area contributed by atoms with Gasteiger partial charge < -0.3 is 9.84 Å². The fourth-order valence-corrected chi connectivity index (χ4v) is 1.34. The van der Waals surface area contributed by atoms with Crippen LogP contribution in [0.1, 0.15) is 5.56 Å². The van der Waals surface area contributed by atoms with Crippen LogP contribution in [0.25, 0.3) is 5.57 Å². The Balaban J connectivity index is 2.53. The Morgan fingerprint density at radius 2 is 2.15 bits per heavy atom. The van der Waals surface area contributed by atoms with E-state index in [4.69, 9.17) is 9.84 Å². The Bertz CT molecular complexity index is 380. The van der Waals surface area contributed by atoms with Crippen LogP contribution < -0.4 is 4.74 Å². The van der Waals surface area contributed by atoms with Crippen molar-refractivity contribution < 1.29 is 14.6 Å². The zero-order valence-corrected chi connectivity index (χ0v) is 6.86. The third-order valence-corrected chi connectivity index (χ3v) is 1.93. The first-order chi connectivity index (χ1) is 6.29. The van der Waals surface area contributed by atoms with Crippen molar-refractivity contribution >= 4 is 11.5 Å². The molecule has 1 aliphatic heterocycles. The van der Waals surface area contributed by atoms with Crippen LogP contribution >= 0.6 is 0 Å². The maximum absolute atomic E-state index is 10.8. The van der Waals surface area contributed by atoms with Gasteiger partial charge in [-0.2, -0.15) is 0 Å². The number of carboxylic acid groups (broad SMARTS) is 1. The van der Waals surface area contributed by atoms with Gasteiger partial charge in [0.2, 0.25) is 0 Å². The van der Waals surface area contributed by atoms with E-state index < -0.39 is 5.97 Å². The van der Waals surface area contributed by atoms with Crippen molar-refractivity contribution in [3.05, 3.63) is 35.9 Å². The fraction of sp³-hybridized carbons (Fsp3) is 0.100. The van der Waals surface area contributed by atoms with Crippen molar-refractivity contribution in [1.29, 1.82) is 0 Å². The molecule has 1 heterocycles. The largest absolute Gasteiger partial charge is 0.489 e. The van der Waals surface area contributed by atoms with Crippen molar-refractivity contribution in [3.8, 4) is 5.75 Å². The molecule has 0 saturated carbocycles. The second-order valence-corrected chi connectivity index (χ2v) is 2.73. The molecule has 1 aliphatic rings. The highest BCUT2D eigenvalue weighted by molar-refractivity contribution is 6.16. The number of para-hydroxylation sites is 1. The molecule has 0 aromatic heterocycles. The van der Waals surface area contributed by atoms with Crippen LogP contribution in [0, 0.1) is 0 Å². The molecule has 1 aromatic carbocycles. The van der Waals surface area contributed by atoms with E-state index in [1.54, 1.807) is 24.3 Å². The molecule has 0 radical (unpaired) electrons. The monoisotopic (exact) mass is 176 g/mol. The summed E-state index contributed by atoms with van der Waals surface area (Å²) in [4.78, 5) is 10.8. The Morgan fingerprint density at radius 1 is 1.38 bits per heavy atom. The number of rotatable bonds is 1. The summed E-state index contributed by atoms with van der Waals surface area (Å²) in [7, 11) is 0. The van der Waals surface area contributed by atoms with Gasteiger partial charge in [0.05, 0.1) is 5.57 Å². The van der Waals surface area contributed by atoms with Crippen molar-refractivity contribution in [1.82, 2.24) is 0 Å². The van der Waals surface area contributed by atoms with Crippen LogP contribution in [0.3, 0.4) is 0 Å². The highest BCUT2D eigenvalue weighted by Crippen LogP contribution is 2.29. The Hall–Kier alpha value is -1.77. The van der Waals surface area contributed by atoms with Crippen LogP contribution in [0.15, 0.2) is 30.3 Å². The summed E-state index contributed by atoms with van der Waals surface area (Å²) in [6, 6.07) is 7.13. The number of carboxylic acids is 1. The van der Waals surface area contributed by atoms with Gasteiger partial charge in [0.1, 0.15) is 12.4 Å². The highest BCUT2D eigenvalue weighted by atomic mass is 16.5. The summed E-state index contributed by atoms with van der Waals surface area (Å²) < 4.78 is 5.26. The molecule has 0 spiro atoms. The Kier molecular flexibility index (Phi) is 1.77. The maximum atomic E-state index is 10.8. The van der Waals surface area contributed by atoms with E-state index >= 15 is 0 Å². The summed E-state index contributed by atoms with van der Waals surface area (Å²) in [5, 5.41) is 8.86. The van der Waals surface area contributed by atoms with Crippen molar-refractivity contribution in [2.24, 2.45) is 0 Å². The molecule has 3 heteroatoms. The lowest BCUT2D eigenvalue weighted by Gasteiger charge is -2.15. The van der Waals surface area contributed by atoms with E-state index in [1.165, 1.54) is 0 Å². The van der Waals surface area contributed by atoms with Gasteiger partial charge in [-0.25, -0.2) is 4.79 Å². The fourth-order valence-electron chi connectivity index (χ4n) is 1.34. The van der Waals surface area contributed by atoms with Crippen molar-refractivity contribution in [2.75, 3.05) is 6.61 Å². The molecule has 66 valence electrons. The average Bonchev–Trinajstić information content (AvgIpc) is 2.17. The summed E-state index contributed by atoms with van der Waals surface area (Å²) in [5.74, 6) is -0.266. The minimum atomic E-state index is -0.907. The van der Waals surface area contributed by atoms with Gasteiger partial charge in [-0.1, -0.05) is 18.2 Å². The first kappa shape index (κ1) is 7.86. The number of fused-ring (bicyclic) bond motifs is 1.